The average Bonchev–Trinajstić information content (AvgIpc) is 2.90. The van der Waals surface area contributed by atoms with E-state index in [1.54, 1.807) is 22.1 Å². The summed E-state index contributed by atoms with van der Waals surface area (Å²) >= 11 is 0. The highest BCUT2D eigenvalue weighted by Crippen LogP contribution is 2.52. The molecule has 0 radical (unpaired) electrons. The van der Waals surface area contributed by atoms with Crippen molar-refractivity contribution < 1.29 is 14.4 Å². The number of aromatic nitrogens is 1. The van der Waals surface area contributed by atoms with Crippen molar-refractivity contribution in [3.63, 3.8) is 0 Å². The second-order valence-corrected chi connectivity index (χ2v) is 9.77. The van der Waals surface area contributed by atoms with Crippen molar-refractivity contribution in [2.45, 2.75) is 59.3 Å². The van der Waals surface area contributed by atoms with Crippen molar-refractivity contribution in [2.75, 3.05) is 26.7 Å². The Morgan fingerprint density at radius 3 is 2.32 bits per heavy atom. The Balaban J connectivity index is 0.000000271. The molecule has 3 heterocycles. The number of hydrogen-bond acceptors (Lipinski definition) is 4. The van der Waals surface area contributed by atoms with Gasteiger partial charge in [0.2, 0.25) is 12.3 Å². The number of pyridine rings is 1. The van der Waals surface area contributed by atoms with Gasteiger partial charge >= 0.3 is 0 Å². The molecule has 0 saturated carbocycles. The number of likely N-dealkylation sites (tertiary alicyclic amines) is 2. The SMILES string of the molecule is C=C1CC2(CCN(C=O)CC2)C(c2ccccc2)C(=O)N1C.CCC.CCNC(=O)c1cc(C)ccn1. The molecule has 0 bridgehead atoms. The van der Waals surface area contributed by atoms with Crippen LogP contribution in [0.1, 0.15) is 74.0 Å². The molecule has 2 saturated heterocycles. The average molecular weight is 507 g/mol. The topological polar surface area (TPSA) is 82.6 Å². The Labute approximate surface area is 222 Å². The number of carbonyl (C=O) groups excluding carboxylic acids is 3. The van der Waals surface area contributed by atoms with Gasteiger partial charge in [-0.2, -0.15) is 0 Å². The van der Waals surface area contributed by atoms with Crippen molar-refractivity contribution in [3.8, 4) is 0 Å². The second-order valence-electron chi connectivity index (χ2n) is 9.77. The summed E-state index contributed by atoms with van der Waals surface area (Å²) in [5.74, 6) is -0.124. The lowest BCUT2D eigenvalue weighted by Crippen LogP contribution is -2.51. The quantitative estimate of drug-likeness (QED) is 0.596. The van der Waals surface area contributed by atoms with E-state index in [1.165, 1.54) is 6.42 Å². The highest BCUT2D eigenvalue weighted by molar-refractivity contribution is 5.92. The van der Waals surface area contributed by atoms with Crippen LogP contribution >= 0.6 is 0 Å². The Bertz CT molecular complexity index is 1050. The molecule has 2 aliphatic heterocycles. The molecular formula is C30H42N4O3. The number of aryl methyl sites for hydroxylation is 1. The summed E-state index contributed by atoms with van der Waals surface area (Å²) in [7, 11) is 1.81. The van der Waals surface area contributed by atoms with E-state index >= 15 is 0 Å². The van der Waals surface area contributed by atoms with Gasteiger partial charge in [0.15, 0.2) is 0 Å². The Hall–Kier alpha value is -3.48. The smallest absolute Gasteiger partial charge is 0.269 e. The maximum absolute atomic E-state index is 12.9. The van der Waals surface area contributed by atoms with Gasteiger partial charge in [-0.15, -0.1) is 0 Å². The van der Waals surface area contributed by atoms with Crippen LogP contribution in [-0.2, 0) is 9.59 Å². The van der Waals surface area contributed by atoms with Gasteiger partial charge in [0.1, 0.15) is 5.69 Å². The first-order valence-corrected chi connectivity index (χ1v) is 13.1. The van der Waals surface area contributed by atoms with Gasteiger partial charge in [0.25, 0.3) is 5.91 Å². The minimum atomic E-state index is -0.141. The molecule has 2 aromatic rings. The number of allylic oxidation sites excluding steroid dienone is 1. The number of nitrogens with one attached hydrogen (secondary N) is 1. The Kier molecular flexibility index (Phi) is 11.5. The summed E-state index contributed by atoms with van der Waals surface area (Å²) in [4.78, 5) is 42.6. The van der Waals surface area contributed by atoms with Gasteiger partial charge in [-0.05, 0) is 61.8 Å². The van der Waals surface area contributed by atoms with Crippen molar-refractivity contribution in [2.24, 2.45) is 5.41 Å². The van der Waals surface area contributed by atoms with Crippen LogP contribution in [-0.4, -0.2) is 59.7 Å². The van der Waals surface area contributed by atoms with Crippen LogP contribution in [0.2, 0.25) is 0 Å². The molecule has 4 rings (SSSR count). The fourth-order valence-electron chi connectivity index (χ4n) is 4.83. The summed E-state index contributed by atoms with van der Waals surface area (Å²) in [5.41, 5.74) is 3.38. The molecule has 37 heavy (non-hydrogen) atoms. The molecule has 0 aliphatic carbocycles. The van der Waals surface area contributed by atoms with Gasteiger partial charge in [-0.25, -0.2) is 0 Å². The van der Waals surface area contributed by atoms with E-state index in [0.29, 0.717) is 12.2 Å². The molecule has 2 aliphatic rings. The zero-order valence-corrected chi connectivity index (χ0v) is 23.0. The number of rotatable bonds is 4. The Morgan fingerprint density at radius 2 is 1.78 bits per heavy atom. The third kappa shape index (κ3) is 7.75. The molecule has 1 spiro atoms. The normalized spacial score (nSPS) is 18.2. The van der Waals surface area contributed by atoms with Crippen LogP contribution < -0.4 is 5.32 Å². The third-order valence-electron chi connectivity index (χ3n) is 6.78. The maximum Gasteiger partial charge on any atom is 0.269 e. The lowest BCUT2D eigenvalue weighted by Gasteiger charge is -2.50. The van der Waals surface area contributed by atoms with Crippen LogP contribution in [0.15, 0.2) is 60.9 Å². The highest BCUT2D eigenvalue weighted by atomic mass is 16.2. The van der Waals surface area contributed by atoms with Gasteiger partial charge in [0.05, 0.1) is 5.92 Å². The van der Waals surface area contributed by atoms with E-state index in [0.717, 1.165) is 55.6 Å². The number of benzene rings is 1. The molecule has 1 N–H and O–H groups in total. The molecule has 7 heteroatoms. The van der Waals surface area contributed by atoms with Crippen molar-refractivity contribution in [3.05, 3.63) is 77.8 Å². The fraction of sp³-hybridized carbons (Fsp3) is 0.467. The molecule has 1 unspecified atom stereocenters. The minimum absolute atomic E-state index is 0.110. The first-order valence-electron chi connectivity index (χ1n) is 13.1. The van der Waals surface area contributed by atoms with E-state index in [4.69, 9.17) is 0 Å². The standard InChI is InChI=1S/C18H22N2O2.C9H12N2O.C3H8/c1-14-12-18(8-10-20(13-21)11-9-18)16(17(22)19(14)2)15-6-4-3-5-7-15;1-3-10-9(12)8-6-7(2)4-5-11-8;1-3-2/h3-7,13,16H,1,8-12H2,2H3;4-6H,3H2,1-2H3,(H,10,12);3H2,1-2H3. The van der Waals surface area contributed by atoms with Gasteiger partial charge in [0, 0.05) is 38.6 Å². The van der Waals surface area contributed by atoms with E-state index in [2.05, 4.69) is 30.7 Å². The van der Waals surface area contributed by atoms with Crippen molar-refractivity contribution in [1.82, 2.24) is 20.1 Å². The highest BCUT2D eigenvalue weighted by Gasteiger charge is 2.50. The van der Waals surface area contributed by atoms with Gasteiger partial charge < -0.3 is 15.1 Å². The molecule has 200 valence electrons. The molecule has 1 aromatic heterocycles. The minimum Gasteiger partial charge on any atom is -0.351 e. The number of nitrogens with zero attached hydrogens (tertiary/aromatic N) is 3. The fourth-order valence-corrected chi connectivity index (χ4v) is 4.83. The van der Waals surface area contributed by atoms with Crippen molar-refractivity contribution in [1.29, 1.82) is 0 Å². The van der Waals surface area contributed by atoms with E-state index in [1.807, 2.05) is 57.3 Å². The van der Waals surface area contributed by atoms with Crippen LogP contribution in [0.25, 0.3) is 0 Å². The molecule has 1 aromatic carbocycles. The van der Waals surface area contributed by atoms with Crippen LogP contribution in [0.3, 0.4) is 0 Å². The van der Waals surface area contributed by atoms with Gasteiger partial charge in [-0.1, -0.05) is 57.2 Å². The largest absolute Gasteiger partial charge is 0.351 e. The molecular weight excluding hydrogens is 464 g/mol. The summed E-state index contributed by atoms with van der Waals surface area (Å²) in [6.45, 7) is 14.2. The number of amides is 3. The predicted molar refractivity (Wildman–Crippen MR) is 148 cm³/mol. The van der Waals surface area contributed by atoms with Crippen LogP contribution in [0, 0.1) is 12.3 Å². The lowest BCUT2D eigenvalue weighted by molar-refractivity contribution is -0.138. The second kappa shape index (κ2) is 14.3. The monoisotopic (exact) mass is 506 g/mol. The number of carbonyl (C=O) groups is 3. The summed E-state index contributed by atoms with van der Waals surface area (Å²) in [5, 5.41) is 2.69. The summed E-state index contributed by atoms with van der Waals surface area (Å²) in [6.07, 6.45) is 6.32. The third-order valence-corrected chi connectivity index (χ3v) is 6.78. The Morgan fingerprint density at radius 1 is 1.16 bits per heavy atom. The summed E-state index contributed by atoms with van der Waals surface area (Å²) < 4.78 is 0. The zero-order valence-electron chi connectivity index (χ0n) is 23.0. The molecule has 3 amide bonds. The van der Waals surface area contributed by atoms with E-state index in [9.17, 15) is 14.4 Å². The zero-order chi connectivity index (χ0) is 27.4. The molecule has 2 fully saturated rings. The van der Waals surface area contributed by atoms with Crippen LogP contribution in [0.4, 0.5) is 0 Å². The van der Waals surface area contributed by atoms with E-state index < -0.39 is 0 Å². The van der Waals surface area contributed by atoms with Crippen molar-refractivity contribution >= 4 is 18.2 Å². The molecule has 7 nitrogen and oxygen atoms in total. The van der Waals surface area contributed by atoms with E-state index in [-0.39, 0.29) is 23.1 Å². The van der Waals surface area contributed by atoms with Gasteiger partial charge in [-0.3, -0.25) is 19.4 Å². The number of piperidine rings is 2. The number of likely N-dealkylation sites (N-methyl/N-ethyl adjacent to an activating group) is 1. The molecule has 1 atom stereocenters. The predicted octanol–water partition coefficient (Wildman–Crippen LogP) is 4.94. The number of hydrogen-bond donors (Lipinski definition) is 1. The maximum atomic E-state index is 12.9. The first kappa shape index (κ1) is 29.7. The first-order chi connectivity index (χ1) is 17.7. The summed E-state index contributed by atoms with van der Waals surface area (Å²) in [6, 6.07) is 13.7. The van der Waals surface area contributed by atoms with Crippen LogP contribution in [0.5, 0.6) is 0 Å². The lowest BCUT2D eigenvalue weighted by atomic mass is 9.61.